The quantitative estimate of drug-likeness (QED) is 0.579. The molecule has 0 fully saturated rings. The van der Waals surface area contributed by atoms with Crippen LogP contribution in [0.5, 0.6) is 11.5 Å². The number of hydrogen-bond acceptors (Lipinski definition) is 5. The Bertz CT molecular complexity index is 845. The number of aryl methyl sites for hydroxylation is 1. The maximum absolute atomic E-state index is 12.2. The number of carbonyl (C=O) groups is 2. The van der Waals surface area contributed by atoms with E-state index >= 15 is 0 Å². The highest BCUT2D eigenvalue weighted by Crippen LogP contribution is 2.27. The van der Waals surface area contributed by atoms with Crippen molar-refractivity contribution in [1.82, 2.24) is 10.7 Å². The predicted octanol–water partition coefficient (Wildman–Crippen LogP) is 2.28. The molecule has 0 spiro atoms. The number of hydrazone groups is 1. The van der Waals surface area contributed by atoms with Crippen LogP contribution in [0.4, 0.5) is 0 Å². The summed E-state index contributed by atoms with van der Waals surface area (Å²) in [6, 6.07) is 12.6. The molecule has 7 heteroatoms. The zero-order chi connectivity index (χ0) is 19.8. The molecule has 0 aromatic heterocycles. The molecule has 27 heavy (non-hydrogen) atoms. The van der Waals surface area contributed by atoms with E-state index in [4.69, 9.17) is 9.47 Å². The normalized spacial score (nSPS) is 10.9. The Kier molecular flexibility index (Phi) is 6.93. The molecule has 0 radical (unpaired) electrons. The van der Waals surface area contributed by atoms with Crippen molar-refractivity contribution in [3.05, 3.63) is 59.2 Å². The number of rotatable bonds is 7. The van der Waals surface area contributed by atoms with Gasteiger partial charge in [0.2, 0.25) is 0 Å². The Hall–Kier alpha value is -3.35. The van der Waals surface area contributed by atoms with Crippen LogP contribution in [0.25, 0.3) is 0 Å². The van der Waals surface area contributed by atoms with Gasteiger partial charge in [-0.15, -0.1) is 0 Å². The number of carbonyl (C=O) groups excluding carboxylic acids is 2. The van der Waals surface area contributed by atoms with E-state index in [1.807, 2.05) is 31.2 Å². The van der Waals surface area contributed by atoms with E-state index in [0.717, 1.165) is 11.1 Å². The van der Waals surface area contributed by atoms with Crippen LogP contribution in [0.2, 0.25) is 0 Å². The molecule has 0 saturated heterocycles. The van der Waals surface area contributed by atoms with Gasteiger partial charge in [-0.1, -0.05) is 29.8 Å². The number of nitrogens with one attached hydrogen (secondary N) is 2. The summed E-state index contributed by atoms with van der Waals surface area (Å²) in [4.78, 5) is 24.1. The summed E-state index contributed by atoms with van der Waals surface area (Å²) in [5.41, 5.74) is 5.53. The van der Waals surface area contributed by atoms with E-state index in [9.17, 15) is 9.59 Å². The SMILES string of the molecule is COc1ccc(C(=O)NCC(=O)N/N=C(/C)c2ccc(C)cc2)cc1OC. The van der Waals surface area contributed by atoms with Crippen LogP contribution in [0.1, 0.15) is 28.4 Å². The zero-order valence-electron chi connectivity index (χ0n) is 15.8. The molecule has 2 N–H and O–H groups in total. The molecule has 7 nitrogen and oxygen atoms in total. The van der Waals surface area contributed by atoms with Gasteiger partial charge in [0.25, 0.3) is 11.8 Å². The summed E-state index contributed by atoms with van der Waals surface area (Å²) in [7, 11) is 3.00. The highest BCUT2D eigenvalue weighted by Gasteiger charge is 2.11. The van der Waals surface area contributed by atoms with E-state index in [1.54, 1.807) is 25.1 Å². The molecule has 2 amide bonds. The Morgan fingerprint density at radius 2 is 1.59 bits per heavy atom. The third-order valence-corrected chi connectivity index (χ3v) is 3.87. The van der Waals surface area contributed by atoms with Gasteiger partial charge in [0.15, 0.2) is 11.5 Å². The molecule has 0 heterocycles. The summed E-state index contributed by atoms with van der Waals surface area (Å²) < 4.78 is 10.3. The third kappa shape index (κ3) is 5.57. The van der Waals surface area contributed by atoms with Crippen molar-refractivity contribution >= 4 is 17.5 Å². The molecular weight excluding hydrogens is 346 g/mol. The smallest absolute Gasteiger partial charge is 0.259 e. The molecular formula is C20H23N3O4. The fourth-order valence-corrected chi connectivity index (χ4v) is 2.29. The second kappa shape index (κ2) is 9.38. The van der Waals surface area contributed by atoms with Gasteiger partial charge in [0.1, 0.15) is 0 Å². The van der Waals surface area contributed by atoms with Crippen molar-refractivity contribution in [2.45, 2.75) is 13.8 Å². The van der Waals surface area contributed by atoms with Gasteiger partial charge in [0, 0.05) is 5.56 Å². The van der Waals surface area contributed by atoms with E-state index < -0.39 is 11.8 Å². The van der Waals surface area contributed by atoms with Gasteiger partial charge in [-0.2, -0.15) is 5.10 Å². The first-order valence-electron chi connectivity index (χ1n) is 8.35. The molecule has 0 aliphatic carbocycles. The fourth-order valence-electron chi connectivity index (χ4n) is 2.29. The van der Waals surface area contributed by atoms with Crippen molar-refractivity contribution in [2.24, 2.45) is 5.10 Å². The standard InChI is InChI=1S/C20H23N3O4/c1-13-5-7-15(8-6-13)14(2)22-23-19(24)12-21-20(25)16-9-10-17(26-3)18(11-16)27-4/h5-11H,12H2,1-4H3,(H,21,25)(H,23,24)/b22-14-. The van der Waals surface area contributed by atoms with E-state index in [2.05, 4.69) is 15.8 Å². The zero-order valence-corrected chi connectivity index (χ0v) is 15.8. The van der Waals surface area contributed by atoms with Crippen molar-refractivity contribution in [3.8, 4) is 11.5 Å². The van der Waals surface area contributed by atoms with Crippen molar-refractivity contribution in [2.75, 3.05) is 20.8 Å². The number of nitrogens with zero attached hydrogens (tertiary/aromatic N) is 1. The van der Waals surface area contributed by atoms with Gasteiger partial charge in [-0.3, -0.25) is 9.59 Å². The number of benzene rings is 2. The fraction of sp³-hybridized carbons (Fsp3) is 0.250. The van der Waals surface area contributed by atoms with Gasteiger partial charge in [0.05, 0.1) is 26.5 Å². The lowest BCUT2D eigenvalue weighted by Gasteiger charge is -2.10. The van der Waals surface area contributed by atoms with Crippen molar-refractivity contribution in [3.63, 3.8) is 0 Å². The average Bonchev–Trinajstić information content (AvgIpc) is 2.70. The van der Waals surface area contributed by atoms with Crippen LogP contribution in [0, 0.1) is 6.92 Å². The molecule has 142 valence electrons. The third-order valence-electron chi connectivity index (χ3n) is 3.87. The second-order valence-electron chi connectivity index (χ2n) is 5.85. The summed E-state index contributed by atoms with van der Waals surface area (Å²) in [5, 5.41) is 6.60. The Labute approximate surface area is 158 Å². The van der Waals surface area contributed by atoms with Crippen LogP contribution in [-0.2, 0) is 4.79 Å². The Morgan fingerprint density at radius 3 is 2.22 bits per heavy atom. The van der Waals surface area contributed by atoms with Gasteiger partial charge < -0.3 is 14.8 Å². The first-order chi connectivity index (χ1) is 12.9. The predicted molar refractivity (Wildman–Crippen MR) is 103 cm³/mol. The average molecular weight is 369 g/mol. The van der Waals surface area contributed by atoms with E-state index in [-0.39, 0.29) is 6.54 Å². The number of hydrogen-bond donors (Lipinski definition) is 2. The molecule has 0 aliphatic rings. The summed E-state index contributed by atoms with van der Waals surface area (Å²) in [6.45, 7) is 3.60. The molecule has 2 aromatic rings. The second-order valence-corrected chi connectivity index (χ2v) is 5.85. The lowest BCUT2D eigenvalue weighted by atomic mass is 10.1. The van der Waals surface area contributed by atoms with E-state index in [1.165, 1.54) is 14.2 Å². The van der Waals surface area contributed by atoms with Crippen LogP contribution in [-0.4, -0.2) is 38.3 Å². The highest BCUT2D eigenvalue weighted by molar-refractivity contribution is 6.00. The molecule has 0 unspecified atom stereocenters. The lowest BCUT2D eigenvalue weighted by molar-refractivity contribution is -0.120. The van der Waals surface area contributed by atoms with Gasteiger partial charge in [-0.05, 0) is 37.6 Å². The number of methoxy groups -OCH3 is 2. The number of amides is 2. The summed E-state index contributed by atoms with van der Waals surface area (Å²) in [6.07, 6.45) is 0. The van der Waals surface area contributed by atoms with Crippen LogP contribution in [0.15, 0.2) is 47.6 Å². The van der Waals surface area contributed by atoms with Gasteiger partial charge in [-0.25, -0.2) is 5.43 Å². The molecule has 0 aliphatic heterocycles. The molecule has 0 bridgehead atoms. The maximum atomic E-state index is 12.2. The first-order valence-corrected chi connectivity index (χ1v) is 8.35. The monoisotopic (exact) mass is 369 g/mol. The Morgan fingerprint density at radius 1 is 0.963 bits per heavy atom. The molecule has 2 aromatic carbocycles. The molecule has 2 rings (SSSR count). The lowest BCUT2D eigenvalue weighted by Crippen LogP contribution is -2.35. The minimum absolute atomic E-state index is 0.197. The maximum Gasteiger partial charge on any atom is 0.259 e. The van der Waals surface area contributed by atoms with Crippen molar-refractivity contribution in [1.29, 1.82) is 0 Å². The largest absolute Gasteiger partial charge is 0.493 e. The van der Waals surface area contributed by atoms with Crippen LogP contribution in [0.3, 0.4) is 0 Å². The number of ether oxygens (including phenoxy) is 2. The van der Waals surface area contributed by atoms with Crippen LogP contribution >= 0.6 is 0 Å². The summed E-state index contributed by atoms with van der Waals surface area (Å²) >= 11 is 0. The molecule has 0 atom stereocenters. The van der Waals surface area contributed by atoms with Crippen molar-refractivity contribution < 1.29 is 19.1 Å². The van der Waals surface area contributed by atoms with Crippen LogP contribution < -0.4 is 20.2 Å². The minimum Gasteiger partial charge on any atom is -0.493 e. The minimum atomic E-state index is -0.421. The summed E-state index contributed by atoms with van der Waals surface area (Å²) in [5.74, 6) is 0.140. The Balaban J connectivity index is 1.90. The highest BCUT2D eigenvalue weighted by atomic mass is 16.5. The first kappa shape index (κ1) is 20.0. The van der Waals surface area contributed by atoms with E-state index in [0.29, 0.717) is 22.8 Å². The molecule has 0 saturated carbocycles. The van der Waals surface area contributed by atoms with Gasteiger partial charge >= 0.3 is 0 Å². The topological polar surface area (TPSA) is 89.0 Å².